The molecule has 2 heterocycles. The predicted molar refractivity (Wildman–Crippen MR) is 112 cm³/mol. The van der Waals surface area contributed by atoms with Crippen molar-refractivity contribution in [1.29, 1.82) is 5.26 Å². The third-order valence-corrected chi connectivity index (χ3v) is 5.24. The monoisotopic (exact) mass is 448 g/mol. The quantitative estimate of drug-likeness (QED) is 0.423. The number of halogens is 3. The van der Waals surface area contributed by atoms with Crippen LogP contribution in [0.25, 0.3) is 6.08 Å². The Morgan fingerprint density at radius 2 is 2.00 bits per heavy atom. The van der Waals surface area contributed by atoms with Gasteiger partial charge in [0, 0.05) is 21.2 Å². The van der Waals surface area contributed by atoms with Gasteiger partial charge in [-0.25, -0.2) is 4.68 Å². The smallest absolute Gasteiger partial charge is 0.262 e. The van der Waals surface area contributed by atoms with Gasteiger partial charge in [-0.3, -0.25) is 4.79 Å². The molecule has 0 unspecified atom stereocenters. The highest BCUT2D eigenvalue weighted by Crippen LogP contribution is 2.28. The van der Waals surface area contributed by atoms with Crippen LogP contribution in [-0.4, -0.2) is 15.7 Å². The molecule has 0 radical (unpaired) electrons. The van der Waals surface area contributed by atoms with Gasteiger partial charge in [0.2, 0.25) is 0 Å². The van der Waals surface area contributed by atoms with Crippen LogP contribution in [0.2, 0.25) is 15.2 Å². The van der Waals surface area contributed by atoms with Crippen molar-refractivity contribution >= 4 is 46.8 Å². The van der Waals surface area contributed by atoms with Gasteiger partial charge >= 0.3 is 0 Å². The molecule has 0 bridgehead atoms. The van der Waals surface area contributed by atoms with E-state index < -0.39 is 5.91 Å². The van der Waals surface area contributed by atoms with E-state index in [0.717, 1.165) is 0 Å². The lowest BCUT2D eigenvalue weighted by Gasteiger charge is -2.08. The summed E-state index contributed by atoms with van der Waals surface area (Å²) >= 11 is 18.9. The van der Waals surface area contributed by atoms with Crippen molar-refractivity contribution < 1.29 is 9.21 Å². The van der Waals surface area contributed by atoms with E-state index in [4.69, 9.17) is 39.2 Å². The first kappa shape index (κ1) is 21.0. The van der Waals surface area contributed by atoms with Gasteiger partial charge in [0.15, 0.2) is 0 Å². The van der Waals surface area contributed by atoms with E-state index in [1.165, 1.54) is 17.0 Å². The second-order valence-electron chi connectivity index (χ2n) is 6.08. The summed E-state index contributed by atoms with van der Waals surface area (Å²) in [6.45, 7) is 2.15. The normalized spacial score (nSPS) is 11.3. The lowest BCUT2D eigenvalue weighted by molar-refractivity contribution is -0.117. The fourth-order valence-electron chi connectivity index (χ4n) is 2.64. The van der Waals surface area contributed by atoms with Crippen molar-refractivity contribution in [1.82, 2.24) is 15.1 Å². The molecule has 0 aliphatic carbocycles. The maximum atomic E-state index is 12.3. The lowest BCUT2D eigenvalue weighted by atomic mass is 10.1. The summed E-state index contributed by atoms with van der Waals surface area (Å²) in [5.74, 6) is 0.0376. The zero-order chi connectivity index (χ0) is 21.0. The lowest BCUT2D eigenvalue weighted by Crippen LogP contribution is -2.23. The first-order valence-electron chi connectivity index (χ1n) is 8.49. The van der Waals surface area contributed by atoms with Gasteiger partial charge in [-0.15, -0.1) is 0 Å². The summed E-state index contributed by atoms with van der Waals surface area (Å²) in [7, 11) is 0. The molecule has 0 saturated carbocycles. The van der Waals surface area contributed by atoms with Crippen LogP contribution in [-0.2, 0) is 17.9 Å². The van der Waals surface area contributed by atoms with Crippen LogP contribution in [0.3, 0.4) is 0 Å². The van der Waals surface area contributed by atoms with Crippen LogP contribution in [0.1, 0.15) is 22.6 Å². The van der Waals surface area contributed by atoms with Crippen LogP contribution >= 0.6 is 34.8 Å². The SMILES string of the molecule is Cc1nn(Cc2c(Cl)cccc2Cl)c(Cl)c1/C=C(\C#N)C(=O)NCc1ccco1. The third kappa shape index (κ3) is 4.83. The van der Waals surface area contributed by atoms with Gasteiger partial charge < -0.3 is 9.73 Å². The van der Waals surface area contributed by atoms with E-state index in [0.29, 0.717) is 32.6 Å². The van der Waals surface area contributed by atoms with E-state index >= 15 is 0 Å². The van der Waals surface area contributed by atoms with Gasteiger partial charge in [0.1, 0.15) is 22.6 Å². The molecular weight excluding hydrogens is 435 g/mol. The van der Waals surface area contributed by atoms with Gasteiger partial charge in [0.25, 0.3) is 5.91 Å². The van der Waals surface area contributed by atoms with Gasteiger partial charge in [-0.1, -0.05) is 40.9 Å². The number of nitriles is 1. The standard InChI is InChI=1S/C20H15Cl3N4O2/c1-12-15(8-13(9-24)20(28)25-10-14-4-3-7-29-14)19(23)27(26-12)11-16-17(21)5-2-6-18(16)22/h2-8H,10-11H2,1H3,(H,25,28)/b13-8+. The number of furan rings is 1. The van der Waals surface area contributed by atoms with Crippen molar-refractivity contribution in [3.63, 3.8) is 0 Å². The molecule has 0 aliphatic heterocycles. The summed E-state index contributed by atoms with van der Waals surface area (Å²) in [4.78, 5) is 12.3. The molecule has 1 aromatic carbocycles. The second kappa shape index (κ2) is 9.19. The van der Waals surface area contributed by atoms with Crippen molar-refractivity contribution in [2.45, 2.75) is 20.0 Å². The number of hydrogen-bond acceptors (Lipinski definition) is 4. The molecule has 0 atom stereocenters. The Labute approximate surface area is 182 Å². The maximum Gasteiger partial charge on any atom is 0.262 e. The molecule has 9 heteroatoms. The fourth-order valence-corrected chi connectivity index (χ4v) is 3.44. The minimum Gasteiger partial charge on any atom is -0.467 e. The molecule has 0 spiro atoms. The molecule has 0 saturated heterocycles. The molecule has 6 nitrogen and oxygen atoms in total. The Morgan fingerprint density at radius 1 is 1.28 bits per heavy atom. The van der Waals surface area contributed by atoms with Crippen molar-refractivity contribution in [2.24, 2.45) is 0 Å². The van der Waals surface area contributed by atoms with Crippen LogP contribution in [0, 0.1) is 18.3 Å². The highest BCUT2D eigenvalue weighted by atomic mass is 35.5. The number of nitrogens with one attached hydrogen (secondary N) is 1. The highest BCUT2D eigenvalue weighted by Gasteiger charge is 2.17. The Bertz CT molecular complexity index is 1090. The molecule has 1 amide bonds. The number of nitrogens with zero attached hydrogens (tertiary/aromatic N) is 3. The van der Waals surface area contributed by atoms with Gasteiger partial charge in [0.05, 0.1) is 25.0 Å². The molecule has 3 aromatic rings. The Morgan fingerprint density at radius 3 is 2.62 bits per heavy atom. The molecule has 1 N–H and O–H groups in total. The Balaban J connectivity index is 1.84. The van der Waals surface area contributed by atoms with Crippen molar-refractivity contribution in [3.05, 3.63) is 79.9 Å². The zero-order valence-electron chi connectivity index (χ0n) is 15.2. The fraction of sp³-hybridized carbons (Fsp3) is 0.150. The predicted octanol–water partition coefficient (Wildman–Crippen LogP) is 5.02. The molecule has 148 valence electrons. The molecular formula is C20H15Cl3N4O2. The Hall–Kier alpha value is -2.72. The first-order valence-corrected chi connectivity index (χ1v) is 9.62. The van der Waals surface area contributed by atoms with Crippen LogP contribution in [0.4, 0.5) is 0 Å². The van der Waals surface area contributed by atoms with E-state index in [9.17, 15) is 10.1 Å². The van der Waals surface area contributed by atoms with E-state index in [2.05, 4.69) is 10.4 Å². The minimum absolute atomic E-state index is 0.100. The Kier molecular flexibility index (Phi) is 6.65. The van der Waals surface area contributed by atoms with E-state index in [1.807, 2.05) is 6.07 Å². The van der Waals surface area contributed by atoms with Crippen LogP contribution in [0.5, 0.6) is 0 Å². The summed E-state index contributed by atoms with van der Waals surface area (Å²) in [6, 6.07) is 10.5. The summed E-state index contributed by atoms with van der Waals surface area (Å²) in [5.41, 5.74) is 1.61. The van der Waals surface area contributed by atoms with Crippen LogP contribution in [0.15, 0.2) is 46.6 Å². The average Bonchev–Trinajstić information content (AvgIpc) is 3.30. The number of benzene rings is 1. The number of rotatable bonds is 6. The third-order valence-electron chi connectivity index (χ3n) is 4.14. The molecule has 3 rings (SSSR count). The molecule has 0 aliphatic rings. The first-order chi connectivity index (χ1) is 13.9. The number of carbonyl (C=O) groups is 1. The number of carbonyl (C=O) groups excluding carboxylic acids is 1. The largest absolute Gasteiger partial charge is 0.467 e. The average molecular weight is 450 g/mol. The number of amides is 1. The molecule has 29 heavy (non-hydrogen) atoms. The van der Waals surface area contributed by atoms with Crippen molar-refractivity contribution in [2.75, 3.05) is 0 Å². The maximum absolute atomic E-state index is 12.3. The molecule has 0 fully saturated rings. The van der Waals surface area contributed by atoms with Crippen molar-refractivity contribution in [3.8, 4) is 6.07 Å². The second-order valence-corrected chi connectivity index (χ2v) is 7.25. The van der Waals surface area contributed by atoms with Gasteiger partial charge in [-0.05, 0) is 37.3 Å². The zero-order valence-corrected chi connectivity index (χ0v) is 17.5. The van der Waals surface area contributed by atoms with E-state index in [-0.39, 0.29) is 23.8 Å². The minimum atomic E-state index is -0.540. The topological polar surface area (TPSA) is 83.8 Å². The number of hydrogen-bond donors (Lipinski definition) is 1. The van der Waals surface area contributed by atoms with Gasteiger partial charge in [-0.2, -0.15) is 10.4 Å². The summed E-state index contributed by atoms with van der Waals surface area (Å²) < 4.78 is 6.68. The highest BCUT2D eigenvalue weighted by molar-refractivity contribution is 6.36. The summed E-state index contributed by atoms with van der Waals surface area (Å²) in [6.07, 6.45) is 2.91. The molecule has 2 aromatic heterocycles. The van der Waals surface area contributed by atoms with Crippen LogP contribution < -0.4 is 5.32 Å². The summed E-state index contributed by atoms with van der Waals surface area (Å²) in [5, 5.41) is 17.7. The van der Waals surface area contributed by atoms with E-state index in [1.54, 1.807) is 37.3 Å². The number of aromatic nitrogens is 2. The number of aryl methyl sites for hydroxylation is 1.